The summed E-state index contributed by atoms with van der Waals surface area (Å²) in [5, 5.41) is 8.83. The second-order valence-electron chi connectivity index (χ2n) is 6.24. The van der Waals surface area contributed by atoms with Crippen molar-refractivity contribution in [2.75, 3.05) is 32.8 Å². The summed E-state index contributed by atoms with van der Waals surface area (Å²) in [5.74, 6) is 3.23. The van der Waals surface area contributed by atoms with E-state index in [4.69, 9.17) is 4.74 Å². The molecule has 8 heteroatoms. The highest BCUT2D eigenvalue weighted by molar-refractivity contribution is 5.01. The quantitative estimate of drug-likeness (QED) is 0.782. The summed E-state index contributed by atoms with van der Waals surface area (Å²) in [5.41, 5.74) is 0. The average Bonchev–Trinajstić information content (AvgIpc) is 3.15. The van der Waals surface area contributed by atoms with Crippen molar-refractivity contribution in [2.24, 2.45) is 7.05 Å². The van der Waals surface area contributed by atoms with Crippen LogP contribution < -0.4 is 0 Å². The topological polar surface area (TPSA) is 64.2 Å². The summed E-state index contributed by atoms with van der Waals surface area (Å²) >= 11 is 0. The van der Waals surface area contributed by atoms with Crippen molar-refractivity contribution in [2.45, 2.75) is 26.2 Å². The zero-order valence-corrected chi connectivity index (χ0v) is 13.6. The van der Waals surface area contributed by atoms with Gasteiger partial charge >= 0.3 is 0 Å². The molecule has 23 heavy (non-hydrogen) atoms. The fraction of sp³-hybridized carbons (Fsp3) is 0.667. The van der Waals surface area contributed by atoms with Gasteiger partial charge in [0.05, 0.1) is 32.8 Å². The molecule has 4 rings (SSSR count). The zero-order chi connectivity index (χ0) is 15.6. The van der Waals surface area contributed by atoms with E-state index in [-0.39, 0.29) is 0 Å². The fourth-order valence-corrected chi connectivity index (χ4v) is 3.23. The molecule has 0 saturated carbocycles. The Morgan fingerprint density at radius 2 is 1.83 bits per heavy atom. The van der Waals surface area contributed by atoms with Gasteiger partial charge in [-0.2, -0.15) is 0 Å². The summed E-state index contributed by atoms with van der Waals surface area (Å²) < 4.78 is 9.76. The number of rotatable bonds is 4. The van der Waals surface area contributed by atoms with Gasteiger partial charge in [-0.15, -0.1) is 10.2 Å². The molecule has 0 atom stereocenters. The van der Waals surface area contributed by atoms with Crippen molar-refractivity contribution in [3.63, 3.8) is 0 Å². The molecule has 0 amide bonds. The van der Waals surface area contributed by atoms with E-state index < -0.39 is 0 Å². The second kappa shape index (κ2) is 6.38. The van der Waals surface area contributed by atoms with Gasteiger partial charge in [-0.25, -0.2) is 4.98 Å². The number of aryl methyl sites for hydroxylation is 1. The number of hydrogen-bond donors (Lipinski definition) is 0. The maximum atomic E-state index is 5.41. The summed E-state index contributed by atoms with van der Waals surface area (Å²) in [7, 11) is 2.04. The van der Waals surface area contributed by atoms with Crippen LogP contribution in [0.15, 0.2) is 12.4 Å². The molecule has 0 aromatic carbocycles. The Kier molecular flexibility index (Phi) is 4.11. The lowest BCUT2D eigenvalue weighted by atomic mass is 10.3. The molecule has 8 nitrogen and oxygen atoms in total. The van der Waals surface area contributed by atoms with Gasteiger partial charge in [0, 0.05) is 45.6 Å². The molecule has 124 valence electrons. The standard InChI is InChI=1S/C15H23N7O/c1-19-3-2-16-13(19)10-21-4-5-22-14(17-18-15(22)12-21)11-20-6-8-23-9-7-20/h2-3H,4-12H2,1H3. The molecular formula is C15H23N7O. The number of hydrogen-bond acceptors (Lipinski definition) is 6. The van der Waals surface area contributed by atoms with E-state index in [0.29, 0.717) is 0 Å². The van der Waals surface area contributed by atoms with Crippen LogP contribution in [0, 0.1) is 0 Å². The van der Waals surface area contributed by atoms with Crippen LogP contribution in [0.2, 0.25) is 0 Å². The van der Waals surface area contributed by atoms with Gasteiger partial charge in [0.15, 0.2) is 0 Å². The molecule has 2 aliphatic rings. The third-order valence-electron chi connectivity index (χ3n) is 4.66. The Hall–Kier alpha value is -1.77. The highest BCUT2D eigenvalue weighted by atomic mass is 16.5. The Morgan fingerprint density at radius 3 is 2.61 bits per heavy atom. The lowest BCUT2D eigenvalue weighted by Gasteiger charge is -2.29. The molecule has 0 aliphatic carbocycles. The van der Waals surface area contributed by atoms with Crippen molar-refractivity contribution in [1.82, 2.24) is 34.1 Å². The smallest absolute Gasteiger partial charge is 0.147 e. The molecule has 2 aromatic rings. The molecule has 0 bridgehead atoms. The highest BCUT2D eigenvalue weighted by Gasteiger charge is 2.23. The van der Waals surface area contributed by atoms with Crippen molar-refractivity contribution in [1.29, 1.82) is 0 Å². The first kappa shape index (κ1) is 14.8. The van der Waals surface area contributed by atoms with Crippen LogP contribution in [0.5, 0.6) is 0 Å². The van der Waals surface area contributed by atoms with Crippen LogP contribution in [-0.4, -0.2) is 67.0 Å². The minimum atomic E-state index is 0.818. The van der Waals surface area contributed by atoms with E-state index >= 15 is 0 Å². The van der Waals surface area contributed by atoms with E-state index in [1.165, 1.54) is 0 Å². The molecule has 2 aromatic heterocycles. The van der Waals surface area contributed by atoms with Crippen LogP contribution in [0.4, 0.5) is 0 Å². The summed E-state index contributed by atoms with van der Waals surface area (Å²) in [6, 6.07) is 0. The molecule has 0 N–H and O–H groups in total. The van der Waals surface area contributed by atoms with Crippen LogP contribution in [0.3, 0.4) is 0 Å². The molecule has 0 spiro atoms. The first-order valence-corrected chi connectivity index (χ1v) is 8.19. The van der Waals surface area contributed by atoms with Gasteiger partial charge in [-0.1, -0.05) is 0 Å². The Balaban J connectivity index is 1.41. The van der Waals surface area contributed by atoms with Crippen LogP contribution in [0.25, 0.3) is 0 Å². The fourth-order valence-electron chi connectivity index (χ4n) is 3.23. The predicted octanol–water partition coefficient (Wildman–Crippen LogP) is -0.140. The SMILES string of the molecule is Cn1ccnc1CN1CCn2c(CN3CCOCC3)nnc2C1. The predicted molar refractivity (Wildman–Crippen MR) is 83.4 cm³/mol. The van der Waals surface area contributed by atoms with Gasteiger partial charge in [0.2, 0.25) is 0 Å². The lowest BCUT2D eigenvalue weighted by molar-refractivity contribution is 0.0322. The minimum absolute atomic E-state index is 0.818. The van der Waals surface area contributed by atoms with E-state index in [1.54, 1.807) is 0 Å². The number of imidazole rings is 1. The van der Waals surface area contributed by atoms with Crippen LogP contribution >= 0.6 is 0 Å². The minimum Gasteiger partial charge on any atom is -0.379 e. The number of aromatic nitrogens is 5. The molecule has 1 fully saturated rings. The van der Waals surface area contributed by atoms with E-state index in [1.807, 2.05) is 19.4 Å². The number of nitrogens with zero attached hydrogens (tertiary/aromatic N) is 7. The summed E-state index contributed by atoms with van der Waals surface area (Å²) in [6.07, 6.45) is 3.84. The van der Waals surface area contributed by atoms with Crippen molar-refractivity contribution in [3.05, 3.63) is 29.9 Å². The normalized spacial score (nSPS) is 19.9. The molecule has 2 aliphatic heterocycles. The first-order valence-electron chi connectivity index (χ1n) is 8.19. The van der Waals surface area contributed by atoms with Gasteiger partial charge in [-0.05, 0) is 0 Å². The van der Waals surface area contributed by atoms with E-state index in [2.05, 4.69) is 34.1 Å². The van der Waals surface area contributed by atoms with Crippen LogP contribution in [-0.2, 0) is 38.0 Å². The number of morpholine rings is 1. The molecule has 4 heterocycles. The summed E-state index contributed by atoms with van der Waals surface area (Å²) in [6.45, 7) is 8.12. The van der Waals surface area contributed by atoms with Gasteiger partial charge in [0.25, 0.3) is 0 Å². The number of fused-ring (bicyclic) bond motifs is 1. The van der Waals surface area contributed by atoms with Crippen molar-refractivity contribution >= 4 is 0 Å². The van der Waals surface area contributed by atoms with Gasteiger partial charge in [0.1, 0.15) is 17.5 Å². The maximum absolute atomic E-state index is 5.41. The largest absolute Gasteiger partial charge is 0.379 e. The third kappa shape index (κ3) is 3.15. The first-order chi connectivity index (χ1) is 11.3. The van der Waals surface area contributed by atoms with E-state index in [9.17, 15) is 0 Å². The maximum Gasteiger partial charge on any atom is 0.147 e. The van der Waals surface area contributed by atoms with Crippen molar-refractivity contribution in [3.8, 4) is 0 Å². The van der Waals surface area contributed by atoms with Gasteiger partial charge < -0.3 is 13.9 Å². The van der Waals surface area contributed by atoms with Crippen LogP contribution in [0.1, 0.15) is 17.5 Å². The van der Waals surface area contributed by atoms with Gasteiger partial charge in [-0.3, -0.25) is 9.80 Å². The lowest BCUT2D eigenvalue weighted by Crippen LogP contribution is -2.38. The third-order valence-corrected chi connectivity index (χ3v) is 4.66. The Bertz CT molecular complexity index is 659. The molecule has 0 radical (unpaired) electrons. The van der Waals surface area contributed by atoms with Crippen molar-refractivity contribution < 1.29 is 4.74 Å². The monoisotopic (exact) mass is 317 g/mol. The Morgan fingerprint density at radius 1 is 1.00 bits per heavy atom. The Labute approximate surface area is 135 Å². The zero-order valence-electron chi connectivity index (χ0n) is 13.6. The molecule has 0 unspecified atom stereocenters. The molecular weight excluding hydrogens is 294 g/mol. The molecule has 1 saturated heterocycles. The average molecular weight is 317 g/mol. The highest BCUT2D eigenvalue weighted by Crippen LogP contribution is 2.16. The summed E-state index contributed by atoms with van der Waals surface area (Å²) in [4.78, 5) is 9.18. The van der Waals surface area contributed by atoms with E-state index in [0.717, 1.165) is 76.5 Å². The number of ether oxygens (including phenoxy) is 1. The second-order valence-corrected chi connectivity index (χ2v) is 6.24.